The Balaban J connectivity index is 2.58. The predicted octanol–water partition coefficient (Wildman–Crippen LogP) is 2.68. The first kappa shape index (κ1) is 16.0. The van der Waals surface area contributed by atoms with Crippen molar-refractivity contribution in [2.24, 2.45) is 5.92 Å². The van der Waals surface area contributed by atoms with Crippen LogP contribution in [0.2, 0.25) is 0 Å². The van der Waals surface area contributed by atoms with E-state index >= 15 is 0 Å². The maximum Gasteiger partial charge on any atom is 0.121 e. The lowest BCUT2D eigenvalue weighted by molar-refractivity contribution is 0.224. The first-order valence-electron chi connectivity index (χ1n) is 6.99. The number of hydrogen-bond acceptors (Lipinski definition) is 3. The van der Waals surface area contributed by atoms with Crippen LogP contribution >= 0.6 is 0 Å². The van der Waals surface area contributed by atoms with Crippen LogP contribution < -0.4 is 5.32 Å². The normalized spacial score (nSPS) is 13.3. The second-order valence-electron chi connectivity index (χ2n) is 5.98. The van der Waals surface area contributed by atoms with Gasteiger partial charge in [-0.25, -0.2) is 0 Å². The molecule has 0 fully saturated rings. The Labute approximate surface area is 117 Å². The fourth-order valence-corrected chi connectivity index (χ4v) is 2.53. The van der Waals surface area contributed by atoms with Gasteiger partial charge >= 0.3 is 0 Å². The Morgan fingerprint density at radius 2 is 1.68 bits per heavy atom. The lowest BCUT2D eigenvalue weighted by Gasteiger charge is -2.28. The van der Waals surface area contributed by atoms with Crippen LogP contribution in [0.1, 0.15) is 30.5 Å². The fourth-order valence-electron chi connectivity index (χ4n) is 2.53. The van der Waals surface area contributed by atoms with E-state index in [4.69, 9.17) is 0 Å². The van der Waals surface area contributed by atoms with Crippen molar-refractivity contribution in [3.63, 3.8) is 0 Å². The zero-order valence-corrected chi connectivity index (χ0v) is 13.1. The van der Waals surface area contributed by atoms with Gasteiger partial charge in [0.05, 0.1) is 0 Å². The molecule has 108 valence electrons. The molecule has 0 amide bonds. The molecule has 3 heteroatoms. The van der Waals surface area contributed by atoms with E-state index in [1.54, 1.807) is 0 Å². The van der Waals surface area contributed by atoms with E-state index in [9.17, 15) is 5.11 Å². The first-order chi connectivity index (χ1) is 8.82. The molecule has 3 nitrogen and oxygen atoms in total. The van der Waals surface area contributed by atoms with E-state index in [1.807, 2.05) is 13.8 Å². The van der Waals surface area contributed by atoms with Crippen molar-refractivity contribution in [2.75, 3.05) is 20.6 Å². The predicted molar refractivity (Wildman–Crippen MR) is 81.6 cm³/mol. The molecule has 0 saturated carbocycles. The van der Waals surface area contributed by atoms with Crippen molar-refractivity contribution in [2.45, 2.75) is 40.3 Å². The molecule has 0 spiro atoms. The summed E-state index contributed by atoms with van der Waals surface area (Å²) in [6.45, 7) is 10.2. The van der Waals surface area contributed by atoms with Crippen molar-refractivity contribution in [1.82, 2.24) is 10.2 Å². The zero-order chi connectivity index (χ0) is 14.6. The van der Waals surface area contributed by atoms with Crippen LogP contribution in [0.15, 0.2) is 12.1 Å². The molecule has 1 aromatic rings. The molecular formula is C16H28N2O. The number of rotatable bonds is 6. The maximum atomic E-state index is 9.76. The Bertz CT molecular complexity index is 382. The van der Waals surface area contributed by atoms with Gasteiger partial charge in [-0.05, 0) is 50.6 Å². The highest BCUT2D eigenvalue weighted by Gasteiger charge is 2.14. The number of phenolic OH excluding ortho intramolecular Hbond substituents is 1. The van der Waals surface area contributed by atoms with Crippen LogP contribution in [-0.2, 0) is 6.54 Å². The molecular weight excluding hydrogens is 236 g/mol. The fraction of sp³-hybridized carbons (Fsp3) is 0.625. The summed E-state index contributed by atoms with van der Waals surface area (Å²) in [5, 5.41) is 13.3. The summed E-state index contributed by atoms with van der Waals surface area (Å²) < 4.78 is 0. The first-order valence-corrected chi connectivity index (χ1v) is 6.99. The smallest absolute Gasteiger partial charge is 0.121 e. The monoisotopic (exact) mass is 264 g/mol. The molecule has 0 aromatic heterocycles. The van der Waals surface area contributed by atoms with Gasteiger partial charge in [0.15, 0.2) is 0 Å². The molecule has 0 aliphatic carbocycles. The van der Waals surface area contributed by atoms with Gasteiger partial charge in [-0.2, -0.15) is 0 Å². The van der Waals surface area contributed by atoms with E-state index in [0.29, 0.717) is 17.7 Å². The average molecular weight is 264 g/mol. The molecule has 2 N–H and O–H groups in total. The second kappa shape index (κ2) is 6.92. The van der Waals surface area contributed by atoms with E-state index < -0.39 is 0 Å². The number of nitrogens with one attached hydrogen (secondary N) is 1. The standard InChI is InChI=1S/C16H28N2O/c1-11(2)15(18(5)6)10-17-9-14-7-12(3)16(19)13(4)8-14/h7-8,11,15,17,19H,9-10H2,1-6H3. The van der Waals surface area contributed by atoms with Crippen LogP contribution in [0.5, 0.6) is 5.75 Å². The van der Waals surface area contributed by atoms with Gasteiger partial charge in [0.25, 0.3) is 0 Å². The van der Waals surface area contributed by atoms with Crippen molar-refractivity contribution >= 4 is 0 Å². The number of likely N-dealkylation sites (N-methyl/N-ethyl adjacent to an activating group) is 1. The molecule has 1 aromatic carbocycles. The van der Waals surface area contributed by atoms with Crippen molar-refractivity contribution < 1.29 is 5.11 Å². The van der Waals surface area contributed by atoms with Crippen molar-refractivity contribution in [3.05, 3.63) is 28.8 Å². The quantitative estimate of drug-likeness (QED) is 0.829. The minimum Gasteiger partial charge on any atom is -0.507 e. The Morgan fingerprint density at radius 3 is 2.11 bits per heavy atom. The molecule has 0 bridgehead atoms. The minimum atomic E-state index is 0.414. The average Bonchev–Trinajstić information content (AvgIpc) is 2.30. The maximum absolute atomic E-state index is 9.76. The van der Waals surface area contributed by atoms with E-state index in [0.717, 1.165) is 24.2 Å². The number of aryl methyl sites for hydroxylation is 2. The number of benzene rings is 1. The van der Waals surface area contributed by atoms with E-state index in [-0.39, 0.29) is 0 Å². The highest BCUT2D eigenvalue weighted by atomic mass is 16.3. The number of nitrogens with zero attached hydrogens (tertiary/aromatic N) is 1. The van der Waals surface area contributed by atoms with Crippen LogP contribution in [0.3, 0.4) is 0 Å². The lowest BCUT2D eigenvalue weighted by Crippen LogP contribution is -2.41. The van der Waals surface area contributed by atoms with Gasteiger partial charge in [-0.1, -0.05) is 26.0 Å². The molecule has 0 saturated heterocycles. The van der Waals surface area contributed by atoms with Crippen LogP contribution in [-0.4, -0.2) is 36.7 Å². The molecule has 0 heterocycles. The van der Waals surface area contributed by atoms with Crippen LogP contribution in [0.4, 0.5) is 0 Å². The molecule has 1 unspecified atom stereocenters. The zero-order valence-electron chi connectivity index (χ0n) is 13.1. The topological polar surface area (TPSA) is 35.5 Å². The Kier molecular flexibility index (Phi) is 5.83. The Morgan fingerprint density at radius 1 is 1.16 bits per heavy atom. The molecule has 0 aliphatic heterocycles. The van der Waals surface area contributed by atoms with Gasteiger partial charge < -0.3 is 15.3 Å². The third-order valence-corrected chi connectivity index (χ3v) is 3.67. The molecule has 0 aliphatic rings. The van der Waals surface area contributed by atoms with Crippen molar-refractivity contribution in [3.8, 4) is 5.75 Å². The summed E-state index contributed by atoms with van der Waals surface area (Å²) in [5.41, 5.74) is 3.13. The molecule has 0 radical (unpaired) electrons. The van der Waals surface area contributed by atoms with E-state index in [2.05, 4.69) is 50.3 Å². The van der Waals surface area contributed by atoms with Crippen molar-refractivity contribution in [1.29, 1.82) is 0 Å². The summed E-state index contributed by atoms with van der Waals surface area (Å²) in [6.07, 6.45) is 0. The molecule has 19 heavy (non-hydrogen) atoms. The lowest BCUT2D eigenvalue weighted by atomic mass is 10.0. The third-order valence-electron chi connectivity index (χ3n) is 3.67. The SMILES string of the molecule is Cc1cc(CNCC(C(C)C)N(C)C)cc(C)c1O. The summed E-state index contributed by atoms with van der Waals surface area (Å²) in [5.74, 6) is 1.04. The summed E-state index contributed by atoms with van der Waals surface area (Å²) in [6, 6.07) is 4.64. The number of hydrogen-bond donors (Lipinski definition) is 2. The highest BCUT2D eigenvalue weighted by molar-refractivity contribution is 5.42. The largest absolute Gasteiger partial charge is 0.507 e. The summed E-state index contributed by atoms with van der Waals surface area (Å²) in [4.78, 5) is 2.27. The highest BCUT2D eigenvalue weighted by Crippen LogP contribution is 2.22. The third kappa shape index (κ3) is 4.51. The van der Waals surface area contributed by atoms with Gasteiger partial charge in [-0.3, -0.25) is 0 Å². The van der Waals surface area contributed by atoms with Gasteiger partial charge in [0.1, 0.15) is 5.75 Å². The second-order valence-corrected chi connectivity index (χ2v) is 5.98. The van der Waals surface area contributed by atoms with Gasteiger partial charge in [-0.15, -0.1) is 0 Å². The van der Waals surface area contributed by atoms with Gasteiger partial charge in [0, 0.05) is 19.1 Å². The summed E-state index contributed by atoms with van der Waals surface area (Å²) >= 11 is 0. The molecule has 1 rings (SSSR count). The number of phenols is 1. The van der Waals surface area contributed by atoms with Gasteiger partial charge in [0.2, 0.25) is 0 Å². The van der Waals surface area contributed by atoms with Crippen LogP contribution in [0.25, 0.3) is 0 Å². The molecule has 1 atom stereocenters. The van der Waals surface area contributed by atoms with E-state index in [1.165, 1.54) is 5.56 Å². The Hall–Kier alpha value is -1.06. The minimum absolute atomic E-state index is 0.414. The number of aromatic hydroxyl groups is 1. The van der Waals surface area contributed by atoms with Crippen LogP contribution in [0, 0.1) is 19.8 Å². The summed E-state index contributed by atoms with van der Waals surface area (Å²) in [7, 11) is 4.25.